The molecule has 1 aliphatic heterocycles. The average molecular weight is 355 g/mol. The Morgan fingerprint density at radius 2 is 1.81 bits per heavy atom. The van der Waals surface area contributed by atoms with Gasteiger partial charge in [-0.15, -0.1) is 0 Å². The summed E-state index contributed by atoms with van der Waals surface area (Å²) in [5.74, 6) is 2.10. The van der Waals surface area contributed by atoms with E-state index in [1.807, 2.05) is 6.92 Å². The molecule has 3 nitrogen and oxygen atoms in total. The number of aryl methyl sites for hydroxylation is 1. The van der Waals surface area contributed by atoms with Gasteiger partial charge in [0.05, 0.1) is 0 Å². The van der Waals surface area contributed by atoms with Gasteiger partial charge in [0.1, 0.15) is 11.5 Å². The van der Waals surface area contributed by atoms with Crippen molar-refractivity contribution in [3.05, 3.63) is 59.5 Å². The lowest BCUT2D eigenvalue weighted by Crippen LogP contribution is -2.46. The van der Waals surface area contributed by atoms with Gasteiger partial charge in [-0.05, 0) is 63.9 Å². The molecule has 26 heavy (non-hydrogen) atoms. The number of likely N-dealkylation sites (tertiary alicyclic amines) is 1. The van der Waals surface area contributed by atoms with Gasteiger partial charge < -0.3 is 9.73 Å². The Morgan fingerprint density at radius 1 is 1.12 bits per heavy atom. The number of hydrogen-bond acceptors (Lipinski definition) is 3. The highest BCUT2D eigenvalue weighted by atomic mass is 16.3. The third-order valence-electron chi connectivity index (χ3n) is 5.58. The molecule has 1 N–H and O–H groups in total. The first-order valence-electron chi connectivity index (χ1n) is 10.0. The zero-order valence-corrected chi connectivity index (χ0v) is 16.8. The predicted octanol–water partition coefficient (Wildman–Crippen LogP) is 4.90. The zero-order valence-electron chi connectivity index (χ0n) is 16.8. The summed E-state index contributed by atoms with van der Waals surface area (Å²) in [7, 11) is 0. The van der Waals surface area contributed by atoms with Crippen LogP contribution in [0.5, 0.6) is 0 Å². The Morgan fingerprint density at radius 3 is 2.42 bits per heavy atom. The number of rotatable bonds is 7. The van der Waals surface area contributed by atoms with Gasteiger partial charge in [-0.2, -0.15) is 0 Å². The van der Waals surface area contributed by atoms with E-state index in [9.17, 15) is 0 Å². The second-order valence-electron chi connectivity index (χ2n) is 8.60. The first-order chi connectivity index (χ1) is 12.4. The molecule has 0 amide bonds. The summed E-state index contributed by atoms with van der Waals surface area (Å²) < 4.78 is 5.88. The fourth-order valence-corrected chi connectivity index (χ4v) is 4.22. The van der Waals surface area contributed by atoms with Gasteiger partial charge in [-0.1, -0.05) is 44.2 Å². The number of nitrogens with zero attached hydrogens (tertiary/aromatic N) is 1. The van der Waals surface area contributed by atoms with E-state index in [0.717, 1.165) is 24.5 Å². The number of hydrogen-bond donors (Lipinski definition) is 1. The minimum absolute atomic E-state index is 0.0642. The third-order valence-corrected chi connectivity index (χ3v) is 5.58. The maximum absolute atomic E-state index is 5.88. The third kappa shape index (κ3) is 5.21. The zero-order chi connectivity index (χ0) is 18.6. The van der Waals surface area contributed by atoms with E-state index in [2.05, 4.69) is 73.5 Å². The van der Waals surface area contributed by atoms with Crippen LogP contribution in [0.3, 0.4) is 0 Å². The van der Waals surface area contributed by atoms with E-state index in [1.54, 1.807) is 0 Å². The summed E-state index contributed by atoms with van der Waals surface area (Å²) in [6.07, 6.45) is 3.55. The summed E-state index contributed by atoms with van der Waals surface area (Å²) >= 11 is 0. The second-order valence-corrected chi connectivity index (χ2v) is 8.60. The highest BCUT2D eigenvalue weighted by Crippen LogP contribution is 2.30. The smallest absolute Gasteiger partial charge is 0.109 e. The topological polar surface area (TPSA) is 28.4 Å². The quantitative estimate of drug-likeness (QED) is 0.767. The molecule has 2 heterocycles. The largest absolute Gasteiger partial charge is 0.466 e. The normalized spacial score (nSPS) is 18.2. The van der Waals surface area contributed by atoms with Gasteiger partial charge in [0, 0.05) is 24.0 Å². The molecular weight excluding hydrogens is 320 g/mol. The molecule has 3 heteroatoms. The van der Waals surface area contributed by atoms with Crippen molar-refractivity contribution >= 4 is 0 Å². The van der Waals surface area contributed by atoms with Crippen molar-refractivity contribution in [2.75, 3.05) is 13.1 Å². The van der Waals surface area contributed by atoms with Crippen molar-refractivity contribution in [2.24, 2.45) is 0 Å². The van der Waals surface area contributed by atoms with Gasteiger partial charge in [-0.3, -0.25) is 4.90 Å². The van der Waals surface area contributed by atoms with Crippen molar-refractivity contribution in [3.63, 3.8) is 0 Å². The van der Waals surface area contributed by atoms with Crippen LogP contribution in [0.1, 0.15) is 57.1 Å². The summed E-state index contributed by atoms with van der Waals surface area (Å²) in [6.45, 7) is 12.3. The lowest BCUT2D eigenvalue weighted by atomic mass is 9.83. The van der Waals surface area contributed by atoms with Gasteiger partial charge >= 0.3 is 0 Å². The average Bonchev–Trinajstić information content (AvgIpc) is 3.05. The minimum atomic E-state index is 0.0642. The molecule has 3 rings (SSSR count). The van der Waals surface area contributed by atoms with Gasteiger partial charge in [-0.25, -0.2) is 0 Å². The molecule has 0 bridgehead atoms. The number of piperidine rings is 1. The van der Waals surface area contributed by atoms with Crippen LogP contribution in [0, 0.1) is 6.92 Å². The molecule has 142 valence electrons. The van der Waals surface area contributed by atoms with Crippen LogP contribution < -0.4 is 5.32 Å². The van der Waals surface area contributed by atoms with E-state index in [1.165, 1.54) is 31.5 Å². The molecule has 1 aromatic carbocycles. The predicted molar refractivity (Wildman–Crippen MR) is 108 cm³/mol. The van der Waals surface area contributed by atoms with Crippen LogP contribution >= 0.6 is 0 Å². The molecule has 1 fully saturated rings. The summed E-state index contributed by atoms with van der Waals surface area (Å²) in [6, 6.07) is 16.1. The SMILES string of the molecule is Cc1ccc(C(C)(C)C[C@H](C)NC2CCN(Cc3ccccc3)CC2)o1. The van der Waals surface area contributed by atoms with Crippen molar-refractivity contribution < 1.29 is 4.42 Å². The van der Waals surface area contributed by atoms with Crippen molar-refractivity contribution in [1.82, 2.24) is 10.2 Å². The van der Waals surface area contributed by atoms with E-state index < -0.39 is 0 Å². The van der Waals surface area contributed by atoms with Crippen molar-refractivity contribution in [1.29, 1.82) is 0 Å². The lowest BCUT2D eigenvalue weighted by Gasteiger charge is -2.35. The molecule has 0 spiro atoms. The minimum Gasteiger partial charge on any atom is -0.466 e. The van der Waals surface area contributed by atoms with Crippen molar-refractivity contribution in [3.8, 4) is 0 Å². The highest BCUT2D eigenvalue weighted by Gasteiger charge is 2.28. The summed E-state index contributed by atoms with van der Waals surface area (Å²) in [5, 5.41) is 3.87. The molecular formula is C23H34N2O. The van der Waals surface area contributed by atoms with Crippen LogP contribution in [-0.2, 0) is 12.0 Å². The van der Waals surface area contributed by atoms with Gasteiger partial charge in [0.25, 0.3) is 0 Å². The number of furan rings is 1. The lowest BCUT2D eigenvalue weighted by molar-refractivity contribution is 0.180. The highest BCUT2D eigenvalue weighted by molar-refractivity contribution is 5.15. The Hall–Kier alpha value is -1.58. The molecule has 1 aliphatic rings. The molecule has 0 unspecified atom stereocenters. The summed E-state index contributed by atoms with van der Waals surface area (Å²) in [5.41, 5.74) is 1.48. The monoisotopic (exact) mass is 354 g/mol. The van der Waals surface area contributed by atoms with E-state index in [4.69, 9.17) is 4.42 Å². The molecule has 0 aliphatic carbocycles. The molecule has 1 atom stereocenters. The Kier molecular flexibility index (Phi) is 6.20. The Balaban J connectivity index is 1.44. The first kappa shape index (κ1) is 19.2. The van der Waals surface area contributed by atoms with Crippen LogP contribution in [-0.4, -0.2) is 30.1 Å². The van der Waals surface area contributed by atoms with Gasteiger partial charge in [0.2, 0.25) is 0 Å². The van der Waals surface area contributed by atoms with Crippen LogP contribution in [0.15, 0.2) is 46.9 Å². The van der Waals surface area contributed by atoms with Crippen LogP contribution in [0.2, 0.25) is 0 Å². The standard InChI is InChI=1S/C23H34N2O/c1-18(16-23(3,4)22-11-10-19(2)26-22)24-21-12-14-25(15-13-21)17-20-8-6-5-7-9-20/h5-11,18,21,24H,12-17H2,1-4H3/t18-/m0/s1. The first-order valence-corrected chi connectivity index (χ1v) is 10.0. The summed E-state index contributed by atoms with van der Waals surface area (Å²) in [4.78, 5) is 2.58. The Bertz CT molecular complexity index is 669. The molecule has 0 radical (unpaired) electrons. The fraction of sp³-hybridized carbons (Fsp3) is 0.565. The van der Waals surface area contributed by atoms with Crippen LogP contribution in [0.25, 0.3) is 0 Å². The molecule has 1 saturated heterocycles. The fourth-order valence-electron chi connectivity index (χ4n) is 4.22. The van der Waals surface area contributed by atoms with Gasteiger partial charge in [0.15, 0.2) is 0 Å². The number of nitrogens with one attached hydrogen (secondary N) is 1. The van der Waals surface area contributed by atoms with E-state index in [-0.39, 0.29) is 5.41 Å². The van der Waals surface area contributed by atoms with E-state index >= 15 is 0 Å². The Labute approximate surface area is 158 Å². The molecule has 2 aromatic rings. The number of benzene rings is 1. The molecule has 0 saturated carbocycles. The van der Waals surface area contributed by atoms with Crippen molar-refractivity contribution in [2.45, 2.75) is 71.0 Å². The maximum atomic E-state index is 5.88. The second kappa shape index (κ2) is 8.41. The maximum Gasteiger partial charge on any atom is 0.109 e. The van der Waals surface area contributed by atoms with E-state index in [0.29, 0.717) is 12.1 Å². The molecule has 1 aromatic heterocycles. The van der Waals surface area contributed by atoms with Crippen LogP contribution in [0.4, 0.5) is 0 Å².